The third-order valence-corrected chi connectivity index (χ3v) is 3.42. The van der Waals surface area contributed by atoms with Gasteiger partial charge in [-0.3, -0.25) is 4.79 Å². The average Bonchev–Trinajstić information content (AvgIpc) is 2.46. The molecule has 1 aromatic rings. The van der Waals surface area contributed by atoms with Gasteiger partial charge in [-0.25, -0.2) is 4.79 Å². The quantitative estimate of drug-likeness (QED) is 0.729. The lowest BCUT2D eigenvalue weighted by atomic mass is 9.93. The molecule has 0 radical (unpaired) electrons. The number of para-hydroxylation sites is 1. The van der Waals surface area contributed by atoms with Crippen molar-refractivity contribution in [3.63, 3.8) is 0 Å². The van der Waals surface area contributed by atoms with Crippen molar-refractivity contribution < 1.29 is 19.4 Å². The second kappa shape index (κ2) is 6.38. The van der Waals surface area contributed by atoms with Crippen molar-refractivity contribution >= 4 is 17.6 Å². The molecule has 1 aliphatic heterocycles. The largest absolute Gasteiger partial charge is 0.479 e. The Morgan fingerprint density at radius 2 is 2.25 bits per heavy atom. The Kier molecular flexibility index (Phi) is 4.57. The molecule has 0 saturated heterocycles. The maximum atomic E-state index is 12.1. The van der Waals surface area contributed by atoms with E-state index < -0.39 is 12.1 Å². The summed E-state index contributed by atoms with van der Waals surface area (Å²) >= 11 is 0. The Hall–Kier alpha value is -2.08. The number of carbonyl (C=O) groups is 2. The first kappa shape index (κ1) is 14.3. The Bertz CT molecular complexity index is 504. The molecule has 2 atom stereocenters. The molecule has 1 aromatic carbocycles. The van der Waals surface area contributed by atoms with Crippen LogP contribution in [-0.4, -0.2) is 43.3 Å². The van der Waals surface area contributed by atoms with Crippen LogP contribution < -0.4 is 10.6 Å². The number of rotatable bonds is 5. The molecule has 0 fully saturated rings. The first-order chi connectivity index (χ1) is 9.61. The molecule has 0 aromatic heterocycles. The maximum Gasteiger partial charge on any atom is 0.334 e. The van der Waals surface area contributed by atoms with Crippen molar-refractivity contribution in [1.29, 1.82) is 0 Å². The van der Waals surface area contributed by atoms with Gasteiger partial charge in [-0.15, -0.1) is 0 Å². The molecule has 20 heavy (non-hydrogen) atoms. The first-order valence-electron chi connectivity index (χ1n) is 6.47. The van der Waals surface area contributed by atoms with Crippen LogP contribution in [0, 0.1) is 5.92 Å². The Morgan fingerprint density at radius 3 is 2.95 bits per heavy atom. The van der Waals surface area contributed by atoms with Gasteiger partial charge < -0.3 is 20.5 Å². The zero-order valence-electron chi connectivity index (χ0n) is 11.3. The number of hydrogen-bond donors (Lipinski definition) is 3. The second-order valence-corrected chi connectivity index (χ2v) is 4.75. The molecule has 3 N–H and O–H groups in total. The average molecular weight is 278 g/mol. The molecular formula is C14H18N2O4. The Labute approximate surface area is 117 Å². The summed E-state index contributed by atoms with van der Waals surface area (Å²) in [6.07, 6.45) is -0.359. The molecule has 0 spiro atoms. The molecule has 6 heteroatoms. The number of benzene rings is 1. The number of ether oxygens (including phenoxy) is 1. The minimum Gasteiger partial charge on any atom is -0.479 e. The highest BCUT2D eigenvalue weighted by Gasteiger charge is 2.25. The van der Waals surface area contributed by atoms with Crippen molar-refractivity contribution in [2.75, 3.05) is 25.5 Å². The highest BCUT2D eigenvalue weighted by molar-refractivity contribution is 5.82. The monoisotopic (exact) mass is 278 g/mol. The lowest BCUT2D eigenvalue weighted by Crippen LogP contribution is -2.43. The molecule has 1 heterocycles. The summed E-state index contributed by atoms with van der Waals surface area (Å²) < 4.78 is 4.78. The molecule has 1 aliphatic rings. The van der Waals surface area contributed by atoms with Crippen LogP contribution in [0.25, 0.3) is 0 Å². The zero-order valence-corrected chi connectivity index (χ0v) is 11.3. The number of carbonyl (C=O) groups excluding carboxylic acids is 1. The molecule has 0 aliphatic carbocycles. The van der Waals surface area contributed by atoms with E-state index in [4.69, 9.17) is 9.84 Å². The van der Waals surface area contributed by atoms with Crippen molar-refractivity contribution in [2.45, 2.75) is 12.5 Å². The van der Waals surface area contributed by atoms with Crippen LogP contribution in [0.3, 0.4) is 0 Å². The summed E-state index contributed by atoms with van der Waals surface area (Å²) in [7, 11) is 1.31. The van der Waals surface area contributed by atoms with E-state index >= 15 is 0 Å². The molecule has 1 amide bonds. The minimum absolute atomic E-state index is 0.0250. The topological polar surface area (TPSA) is 87.7 Å². The van der Waals surface area contributed by atoms with E-state index in [0.717, 1.165) is 11.3 Å². The van der Waals surface area contributed by atoms with E-state index in [0.29, 0.717) is 13.0 Å². The predicted molar refractivity (Wildman–Crippen MR) is 73.6 cm³/mol. The van der Waals surface area contributed by atoms with Crippen LogP contribution in [0.4, 0.5) is 5.69 Å². The first-order valence-corrected chi connectivity index (χ1v) is 6.47. The van der Waals surface area contributed by atoms with Gasteiger partial charge in [-0.1, -0.05) is 18.2 Å². The minimum atomic E-state index is -1.08. The van der Waals surface area contributed by atoms with E-state index in [-0.39, 0.29) is 18.4 Å². The van der Waals surface area contributed by atoms with Gasteiger partial charge in [0.25, 0.3) is 0 Å². The van der Waals surface area contributed by atoms with Gasteiger partial charge in [-0.2, -0.15) is 0 Å². The van der Waals surface area contributed by atoms with Gasteiger partial charge >= 0.3 is 5.97 Å². The Morgan fingerprint density at radius 1 is 1.50 bits per heavy atom. The molecule has 6 nitrogen and oxygen atoms in total. The smallest absolute Gasteiger partial charge is 0.334 e. The number of fused-ring (bicyclic) bond motifs is 1. The summed E-state index contributed by atoms with van der Waals surface area (Å²) in [6.45, 7) is 0.524. The lowest BCUT2D eigenvalue weighted by molar-refractivity contribution is -0.148. The van der Waals surface area contributed by atoms with E-state index in [1.54, 1.807) is 0 Å². The number of carboxylic acids is 1. The number of aliphatic carboxylic acids is 1. The van der Waals surface area contributed by atoms with Gasteiger partial charge in [0, 0.05) is 19.3 Å². The van der Waals surface area contributed by atoms with Crippen LogP contribution in [0.5, 0.6) is 0 Å². The van der Waals surface area contributed by atoms with E-state index in [2.05, 4.69) is 10.6 Å². The summed E-state index contributed by atoms with van der Waals surface area (Å²) in [5, 5.41) is 14.7. The summed E-state index contributed by atoms with van der Waals surface area (Å²) in [5.74, 6) is -1.44. The number of hydrogen-bond acceptors (Lipinski definition) is 4. The van der Waals surface area contributed by atoms with Crippen molar-refractivity contribution in [3.8, 4) is 0 Å². The lowest BCUT2D eigenvalue weighted by Gasteiger charge is -2.25. The number of carboxylic acid groups (broad SMARTS) is 1. The summed E-state index contributed by atoms with van der Waals surface area (Å²) in [5.41, 5.74) is 2.15. The highest BCUT2D eigenvalue weighted by Crippen LogP contribution is 2.24. The van der Waals surface area contributed by atoms with Gasteiger partial charge in [-0.05, 0) is 18.1 Å². The molecular weight excluding hydrogens is 260 g/mol. The SMILES string of the molecule is COC(CNC(=O)C1CNc2ccccc2C1)C(=O)O. The predicted octanol–water partition coefficient (Wildman–Crippen LogP) is 0.487. The van der Waals surface area contributed by atoms with E-state index in [1.807, 2.05) is 24.3 Å². The fraction of sp³-hybridized carbons (Fsp3) is 0.429. The molecule has 0 bridgehead atoms. The van der Waals surface area contributed by atoms with Crippen LogP contribution >= 0.6 is 0 Å². The third-order valence-electron chi connectivity index (χ3n) is 3.42. The fourth-order valence-electron chi connectivity index (χ4n) is 2.24. The maximum absolute atomic E-state index is 12.1. The third kappa shape index (κ3) is 3.27. The number of nitrogens with one attached hydrogen (secondary N) is 2. The molecule has 0 saturated carbocycles. The van der Waals surface area contributed by atoms with Gasteiger partial charge in [0.15, 0.2) is 6.10 Å². The summed E-state index contributed by atoms with van der Waals surface area (Å²) in [4.78, 5) is 22.8. The number of anilines is 1. The fourth-order valence-corrected chi connectivity index (χ4v) is 2.24. The van der Waals surface area contributed by atoms with Crippen molar-refractivity contribution in [1.82, 2.24) is 5.32 Å². The van der Waals surface area contributed by atoms with Crippen LogP contribution in [0.15, 0.2) is 24.3 Å². The summed E-state index contributed by atoms with van der Waals surface area (Å²) in [6, 6.07) is 7.85. The molecule has 2 unspecified atom stereocenters. The van der Waals surface area contributed by atoms with Gasteiger partial charge in [0.05, 0.1) is 12.5 Å². The van der Waals surface area contributed by atoms with Crippen LogP contribution in [-0.2, 0) is 20.7 Å². The van der Waals surface area contributed by atoms with E-state index in [1.165, 1.54) is 7.11 Å². The Balaban J connectivity index is 1.90. The van der Waals surface area contributed by atoms with Crippen molar-refractivity contribution in [3.05, 3.63) is 29.8 Å². The van der Waals surface area contributed by atoms with Gasteiger partial charge in [0.2, 0.25) is 5.91 Å². The highest BCUT2D eigenvalue weighted by atomic mass is 16.5. The second-order valence-electron chi connectivity index (χ2n) is 4.75. The van der Waals surface area contributed by atoms with Crippen molar-refractivity contribution in [2.24, 2.45) is 5.92 Å². The van der Waals surface area contributed by atoms with Crippen LogP contribution in [0.1, 0.15) is 5.56 Å². The number of methoxy groups -OCH3 is 1. The normalized spacial score (nSPS) is 18.6. The molecule has 2 rings (SSSR count). The van der Waals surface area contributed by atoms with Gasteiger partial charge in [0.1, 0.15) is 0 Å². The molecule has 108 valence electrons. The van der Waals surface area contributed by atoms with E-state index in [9.17, 15) is 9.59 Å². The standard InChI is InChI=1S/C14H18N2O4/c1-20-12(14(18)19)8-16-13(17)10-6-9-4-2-3-5-11(9)15-7-10/h2-5,10,12,15H,6-8H2,1H3,(H,16,17)(H,18,19). The number of amides is 1. The zero-order chi connectivity index (χ0) is 14.5. The van der Waals surface area contributed by atoms with Crippen LogP contribution in [0.2, 0.25) is 0 Å².